The van der Waals surface area contributed by atoms with Crippen molar-refractivity contribution in [3.05, 3.63) is 82.6 Å². The molecule has 3 rings (SSSR count). The van der Waals surface area contributed by atoms with Gasteiger partial charge in [0.2, 0.25) is 6.19 Å². The Hall–Kier alpha value is -3.37. The number of furan rings is 1. The molecule has 0 saturated heterocycles. The van der Waals surface area contributed by atoms with Crippen LogP contribution in [-0.2, 0) is 17.9 Å². The Morgan fingerprint density at radius 3 is 2.92 bits per heavy atom. The van der Waals surface area contributed by atoms with E-state index in [0.29, 0.717) is 17.5 Å². The Kier molecular flexibility index (Phi) is 5.46. The van der Waals surface area contributed by atoms with Gasteiger partial charge in [0.05, 0.1) is 12.8 Å². The second-order valence-corrected chi connectivity index (χ2v) is 5.62. The third kappa shape index (κ3) is 4.18. The summed E-state index contributed by atoms with van der Waals surface area (Å²) in [6.07, 6.45) is 6.56. The monoisotopic (exact) mass is 368 g/mol. The van der Waals surface area contributed by atoms with E-state index in [4.69, 9.17) is 26.0 Å². The molecule has 0 saturated carbocycles. The van der Waals surface area contributed by atoms with E-state index in [1.54, 1.807) is 59.6 Å². The summed E-state index contributed by atoms with van der Waals surface area (Å²) < 4.78 is 12.0. The van der Waals surface area contributed by atoms with Crippen molar-refractivity contribution in [2.45, 2.75) is 13.2 Å². The van der Waals surface area contributed by atoms with E-state index >= 15 is 0 Å². The maximum Gasteiger partial charge on any atom is 0.342 e. The summed E-state index contributed by atoms with van der Waals surface area (Å²) >= 11 is 5.79. The Morgan fingerprint density at radius 1 is 1.35 bits per heavy atom. The summed E-state index contributed by atoms with van der Waals surface area (Å²) in [5, 5.41) is 9.39. The van der Waals surface area contributed by atoms with Crippen molar-refractivity contribution >= 4 is 17.6 Å². The number of ether oxygens (including phenoxy) is 1. The van der Waals surface area contributed by atoms with Crippen LogP contribution in [0.5, 0.6) is 0 Å². The van der Waals surface area contributed by atoms with Gasteiger partial charge in [0.15, 0.2) is 5.49 Å². The molecule has 0 aliphatic carbocycles. The lowest BCUT2D eigenvalue weighted by Gasteiger charge is -2.10. The fraction of sp³-hybridized carbons (Fsp3) is 0.111. The molecule has 3 heterocycles. The lowest BCUT2D eigenvalue weighted by atomic mass is 10.2. The molecule has 7 nitrogen and oxygen atoms in total. The van der Waals surface area contributed by atoms with E-state index in [9.17, 15) is 4.79 Å². The summed E-state index contributed by atoms with van der Waals surface area (Å²) in [4.78, 5) is 20.2. The molecule has 0 aromatic carbocycles. The van der Waals surface area contributed by atoms with E-state index in [1.165, 1.54) is 6.26 Å². The molecule has 0 aliphatic rings. The Labute approximate surface area is 153 Å². The van der Waals surface area contributed by atoms with Gasteiger partial charge in [-0.15, -0.1) is 0 Å². The molecule has 0 fully saturated rings. The molecular formula is C18H13ClN4O3. The zero-order chi connectivity index (χ0) is 18.4. The minimum atomic E-state index is -0.598. The van der Waals surface area contributed by atoms with Crippen molar-refractivity contribution in [1.29, 1.82) is 5.26 Å². The van der Waals surface area contributed by atoms with Crippen molar-refractivity contribution < 1.29 is 13.9 Å². The number of carbonyl (C=O) groups is 1. The molecule has 0 atom stereocenters. The summed E-state index contributed by atoms with van der Waals surface area (Å²) in [6, 6.07) is 10.1. The second-order valence-electron chi connectivity index (χ2n) is 5.23. The first-order valence-electron chi connectivity index (χ1n) is 7.59. The number of carbonyl (C=O) groups excluding carboxylic acids is 1. The minimum Gasteiger partial charge on any atom is -0.466 e. The molecule has 0 bridgehead atoms. The van der Waals surface area contributed by atoms with Crippen LogP contribution in [0.2, 0.25) is 5.15 Å². The van der Waals surface area contributed by atoms with Gasteiger partial charge in [-0.05, 0) is 35.9 Å². The van der Waals surface area contributed by atoms with E-state index in [1.807, 2.05) is 0 Å². The highest BCUT2D eigenvalue weighted by molar-refractivity contribution is 6.29. The molecular weight excluding hydrogens is 356 g/mol. The van der Waals surface area contributed by atoms with Gasteiger partial charge < -0.3 is 13.7 Å². The van der Waals surface area contributed by atoms with Crippen LogP contribution >= 0.6 is 11.6 Å². The molecule has 0 amide bonds. The van der Waals surface area contributed by atoms with Gasteiger partial charge in [0.1, 0.15) is 23.1 Å². The van der Waals surface area contributed by atoms with Gasteiger partial charge in [-0.2, -0.15) is 10.3 Å². The first kappa shape index (κ1) is 17.5. The van der Waals surface area contributed by atoms with Crippen molar-refractivity contribution in [2.75, 3.05) is 0 Å². The van der Waals surface area contributed by atoms with Gasteiger partial charge in [-0.1, -0.05) is 17.7 Å². The molecule has 3 aromatic heterocycles. The molecule has 3 aromatic rings. The fourth-order valence-corrected chi connectivity index (χ4v) is 2.42. The number of hydrogen-bond donors (Lipinski definition) is 0. The van der Waals surface area contributed by atoms with E-state index in [2.05, 4.69) is 9.98 Å². The Bertz CT molecular complexity index is 1000. The van der Waals surface area contributed by atoms with Crippen LogP contribution in [0.3, 0.4) is 0 Å². The van der Waals surface area contributed by atoms with E-state index in [-0.39, 0.29) is 17.7 Å². The van der Waals surface area contributed by atoms with Gasteiger partial charge in [-0.3, -0.25) is 0 Å². The van der Waals surface area contributed by atoms with E-state index in [0.717, 1.165) is 5.56 Å². The summed E-state index contributed by atoms with van der Waals surface area (Å²) in [6.45, 7) is 0.359. The second kappa shape index (κ2) is 8.14. The smallest absolute Gasteiger partial charge is 0.342 e. The number of aromatic nitrogens is 2. The predicted octanol–water partition coefficient (Wildman–Crippen LogP) is 2.92. The summed E-state index contributed by atoms with van der Waals surface area (Å²) in [5.41, 5.74) is 1.23. The Balaban J connectivity index is 1.88. The van der Waals surface area contributed by atoms with Crippen molar-refractivity contribution in [2.24, 2.45) is 4.99 Å². The highest BCUT2D eigenvalue weighted by Crippen LogP contribution is 2.08. The maximum atomic E-state index is 12.4. The molecule has 0 N–H and O–H groups in total. The first-order chi connectivity index (χ1) is 12.7. The van der Waals surface area contributed by atoms with Gasteiger partial charge in [0.25, 0.3) is 0 Å². The van der Waals surface area contributed by atoms with Crippen molar-refractivity contribution in [3.8, 4) is 6.19 Å². The minimum absolute atomic E-state index is 0.00613. The number of halogens is 1. The van der Waals surface area contributed by atoms with Gasteiger partial charge >= 0.3 is 5.97 Å². The molecule has 8 heteroatoms. The van der Waals surface area contributed by atoms with Crippen LogP contribution < -0.4 is 5.49 Å². The lowest BCUT2D eigenvalue weighted by Crippen LogP contribution is -2.28. The third-order valence-electron chi connectivity index (χ3n) is 3.48. The average Bonchev–Trinajstić information content (AvgIpc) is 3.17. The van der Waals surface area contributed by atoms with Gasteiger partial charge in [-0.25, -0.2) is 9.78 Å². The van der Waals surface area contributed by atoms with Gasteiger partial charge in [0, 0.05) is 12.4 Å². The zero-order valence-corrected chi connectivity index (χ0v) is 14.3. The molecule has 26 heavy (non-hydrogen) atoms. The molecule has 0 spiro atoms. The number of nitriles is 1. The molecule has 130 valence electrons. The highest BCUT2D eigenvalue weighted by Gasteiger charge is 2.13. The normalized spacial score (nSPS) is 11.2. The van der Waals surface area contributed by atoms with Crippen molar-refractivity contribution in [1.82, 2.24) is 9.55 Å². The predicted molar refractivity (Wildman–Crippen MR) is 91.8 cm³/mol. The third-order valence-corrected chi connectivity index (χ3v) is 3.71. The van der Waals surface area contributed by atoms with Crippen molar-refractivity contribution in [3.63, 3.8) is 0 Å². The van der Waals surface area contributed by atoms with Crippen LogP contribution in [0.1, 0.15) is 21.7 Å². The number of hydrogen-bond acceptors (Lipinski definition) is 6. The average molecular weight is 369 g/mol. The van der Waals surface area contributed by atoms with Crippen LogP contribution in [0.4, 0.5) is 0 Å². The van der Waals surface area contributed by atoms with Crippen LogP contribution in [-0.4, -0.2) is 15.5 Å². The number of nitrogens with zero attached hydrogens (tertiary/aromatic N) is 4. The quantitative estimate of drug-likeness (QED) is 0.392. The number of esters is 1. The molecule has 0 unspecified atom stereocenters. The van der Waals surface area contributed by atoms with E-state index < -0.39 is 5.97 Å². The SMILES string of the molecule is N#CN=c1c(C(=O)OCc2ccco2)cccn1Cc1ccc(Cl)nc1. The molecule has 0 radical (unpaired) electrons. The largest absolute Gasteiger partial charge is 0.466 e. The summed E-state index contributed by atoms with van der Waals surface area (Å²) in [5.74, 6) is -0.0767. The Morgan fingerprint density at radius 2 is 2.23 bits per heavy atom. The summed E-state index contributed by atoms with van der Waals surface area (Å²) in [7, 11) is 0. The lowest BCUT2D eigenvalue weighted by molar-refractivity contribution is 0.0442. The van der Waals surface area contributed by atoms with Crippen LogP contribution in [0.15, 0.2) is 64.5 Å². The van der Waals surface area contributed by atoms with Crippen LogP contribution in [0.25, 0.3) is 0 Å². The first-order valence-corrected chi connectivity index (χ1v) is 7.97. The maximum absolute atomic E-state index is 12.4. The molecule has 0 aliphatic heterocycles. The highest BCUT2D eigenvalue weighted by atomic mass is 35.5. The fourth-order valence-electron chi connectivity index (χ4n) is 2.31. The topological polar surface area (TPSA) is 93.4 Å². The van der Waals surface area contributed by atoms with Crippen LogP contribution in [0, 0.1) is 11.5 Å². The number of pyridine rings is 2. The standard InChI is InChI=1S/C18H13ClN4O3/c19-16-6-5-13(9-21-16)10-23-7-1-4-15(17(23)22-12-20)18(24)26-11-14-3-2-8-25-14/h1-9H,10-11H2. The zero-order valence-electron chi connectivity index (χ0n) is 13.5. The number of rotatable bonds is 5.